The molecule has 5 nitrogen and oxygen atoms in total. The second-order valence-corrected chi connectivity index (χ2v) is 8.13. The summed E-state index contributed by atoms with van der Waals surface area (Å²) in [7, 11) is -3.06. The molecule has 0 aliphatic heterocycles. The van der Waals surface area contributed by atoms with E-state index in [1.807, 2.05) is 36.4 Å². The van der Waals surface area contributed by atoms with Crippen LogP contribution in [0.3, 0.4) is 0 Å². The molecule has 6 heteroatoms. The predicted octanol–water partition coefficient (Wildman–Crippen LogP) is 2.52. The number of carbonyl (C=O) groups excluding carboxylic acids is 1. The summed E-state index contributed by atoms with van der Waals surface area (Å²) in [5, 5.41) is 0.828. The Hall–Kier alpha value is -2.60. The normalized spacial score (nSPS) is 11.7. The molecule has 3 N–H and O–H groups in total. The number of aromatic amines is 1. The summed E-state index contributed by atoms with van der Waals surface area (Å²) in [4.78, 5) is 14.9. The molecule has 0 atom stereocenters. The molecule has 0 bridgehead atoms. The number of fused-ring (bicyclic) bond motifs is 1. The van der Waals surface area contributed by atoms with Gasteiger partial charge in [-0.15, -0.1) is 0 Å². The van der Waals surface area contributed by atoms with Crippen molar-refractivity contribution in [3.05, 3.63) is 59.8 Å². The summed E-state index contributed by atoms with van der Waals surface area (Å²) < 4.78 is 22.9. The molecule has 0 saturated heterocycles. The summed E-state index contributed by atoms with van der Waals surface area (Å²) in [5.74, 6) is -0.462. The van der Waals surface area contributed by atoms with Gasteiger partial charge in [0.15, 0.2) is 0 Å². The fourth-order valence-electron chi connectivity index (χ4n) is 2.78. The minimum atomic E-state index is -3.06. The van der Waals surface area contributed by atoms with E-state index >= 15 is 0 Å². The van der Waals surface area contributed by atoms with Crippen LogP contribution in [-0.2, 0) is 16.3 Å². The maximum atomic E-state index is 11.8. The van der Waals surface area contributed by atoms with Gasteiger partial charge in [-0.25, -0.2) is 8.42 Å². The fourth-order valence-corrected chi connectivity index (χ4v) is 3.37. The van der Waals surface area contributed by atoms with Crippen molar-refractivity contribution < 1.29 is 13.2 Å². The van der Waals surface area contributed by atoms with Crippen molar-refractivity contribution in [2.75, 3.05) is 12.0 Å². The van der Waals surface area contributed by atoms with Crippen LogP contribution in [-0.4, -0.2) is 31.3 Å². The quantitative estimate of drug-likeness (QED) is 0.746. The molecule has 0 aliphatic rings. The second-order valence-electron chi connectivity index (χ2n) is 5.87. The highest BCUT2D eigenvalue weighted by Gasteiger charge is 2.15. The lowest BCUT2D eigenvalue weighted by molar-refractivity contribution is 0.100. The minimum Gasteiger partial charge on any atom is -0.366 e. The van der Waals surface area contributed by atoms with E-state index < -0.39 is 15.7 Å². The van der Waals surface area contributed by atoms with Gasteiger partial charge >= 0.3 is 0 Å². The van der Waals surface area contributed by atoms with Gasteiger partial charge in [-0.2, -0.15) is 0 Å². The number of H-pyrrole nitrogens is 1. The van der Waals surface area contributed by atoms with E-state index in [-0.39, 0.29) is 5.75 Å². The lowest BCUT2D eigenvalue weighted by atomic mass is 9.98. The van der Waals surface area contributed by atoms with Gasteiger partial charge in [-0.05, 0) is 35.2 Å². The van der Waals surface area contributed by atoms with Gasteiger partial charge in [0, 0.05) is 17.8 Å². The van der Waals surface area contributed by atoms with Crippen molar-refractivity contribution in [3.63, 3.8) is 0 Å². The van der Waals surface area contributed by atoms with E-state index in [1.54, 1.807) is 12.3 Å². The SMILES string of the molecule is CS(=O)(=O)CCc1c[nH]c2c(C(N)=O)cc(-c3ccccc3)cc12. The maximum Gasteiger partial charge on any atom is 0.250 e. The summed E-state index contributed by atoms with van der Waals surface area (Å²) in [6, 6.07) is 13.4. The third kappa shape index (κ3) is 3.33. The van der Waals surface area contributed by atoms with Crippen LogP contribution in [0.1, 0.15) is 15.9 Å². The van der Waals surface area contributed by atoms with Crippen LogP contribution >= 0.6 is 0 Å². The molecule has 2 aromatic carbocycles. The molecule has 0 radical (unpaired) electrons. The van der Waals surface area contributed by atoms with Crippen LogP contribution in [0.15, 0.2) is 48.7 Å². The van der Waals surface area contributed by atoms with E-state index in [0.717, 1.165) is 22.1 Å². The number of hydrogen-bond acceptors (Lipinski definition) is 3. The van der Waals surface area contributed by atoms with Gasteiger partial charge in [0.25, 0.3) is 5.91 Å². The monoisotopic (exact) mass is 342 g/mol. The van der Waals surface area contributed by atoms with Crippen LogP contribution in [0.2, 0.25) is 0 Å². The lowest BCUT2D eigenvalue weighted by Crippen LogP contribution is -2.11. The lowest BCUT2D eigenvalue weighted by Gasteiger charge is -2.07. The van der Waals surface area contributed by atoms with Crippen molar-refractivity contribution in [1.29, 1.82) is 0 Å². The molecule has 0 unspecified atom stereocenters. The van der Waals surface area contributed by atoms with Gasteiger partial charge in [0.1, 0.15) is 9.84 Å². The second kappa shape index (κ2) is 6.13. The number of sulfone groups is 1. The predicted molar refractivity (Wildman–Crippen MR) is 95.7 cm³/mol. The van der Waals surface area contributed by atoms with E-state index in [9.17, 15) is 13.2 Å². The van der Waals surface area contributed by atoms with Crippen molar-refractivity contribution >= 4 is 26.6 Å². The number of carbonyl (C=O) groups is 1. The van der Waals surface area contributed by atoms with Gasteiger partial charge in [-0.3, -0.25) is 4.79 Å². The number of primary amides is 1. The number of aromatic nitrogens is 1. The summed E-state index contributed by atoms with van der Waals surface area (Å²) in [5.41, 5.74) is 9.27. The Morgan fingerprint density at radius 3 is 2.46 bits per heavy atom. The Kier molecular flexibility index (Phi) is 4.15. The molecule has 124 valence electrons. The van der Waals surface area contributed by atoms with E-state index in [0.29, 0.717) is 17.5 Å². The Labute approximate surface area is 140 Å². The van der Waals surface area contributed by atoms with Crippen LogP contribution in [0, 0.1) is 0 Å². The number of rotatable bonds is 5. The average Bonchev–Trinajstić information content (AvgIpc) is 2.95. The average molecular weight is 342 g/mol. The number of hydrogen-bond donors (Lipinski definition) is 2. The Balaban J connectivity index is 2.16. The van der Waals surface area contributed by atoms with Crippen LogP contribution < -0.4 is 5.73 Å². The van der Waals surface area contributed by atoms with Crippen molar-refractivity contribution in [2.24, 2.45) is 5.73 Å². The summed E-state index contributed by atoms with van der Waals surface area (Å²) in [6.07, 6.45) is 3.35. The van der Waals surface area contributed by atoms with E-state index in [1.165, 1.54) is 6.26 Å². The van der Waals surface area contributed by atoms with Crippen LogP contribution in [0.4, 0.5) is 0 Å². The first-order valence-corrected chi connectivity index (χ1v) is 9.58. The van der Waals surface area contributed by atoms with Gasteiger partial charge < -0.3 is 10.7 Å². The third-order valence-electron chi connectivity index (χ3n) is 3.99. The number of nitrogens with one attached hydrogen (secondary N) is 1. The zero-order valence-corrected chi connectivity index (χ0v) is 14.1. The standard InChI is InChI=1S/C18H18N2O3S/c1-24(22,23)8-7-13-11-20-17-15(13)9-14(10-16(17)18(19)21)12-5-3-2-4-6-12/h2-6,9-11,20H,7-8H2,1H3,(H2,19,21). The number of benzene rings is 2. The molecule has 3 rings (SSSR count). The van der Waals surface area contributed by atoms with Gasteiger partial charge in [0.2, 0.25) is 0 Å². The van der Waals surface area contributed by atoms with E-state index in [2.05, 4.69) is 4.98 Å². The van der Waals surface area contributed by atoms with Crippen LogP contribution in [0.5, 0.6) is 0 Å². The zero-order chi connectivity index (χ0) is 17.3. The topological polar surface area (TPSA) is 93.0 Å². The largest absolute Gasteiger partial charge is 0.366 e. The van der Waals surface area contributed by atoms with Crippen molar-refractivity contribution in [1.82, 2.24) is 4.98 Å². The highest BCUT2D eigenvalue weighted by molar-refractivity contribution is 7.90. The molecule has 1 amide bonds. The Bertz CT molecular complexity index is 1010. The van der Waals surface area contributed by atoms with E-state index in [4.69, 9.17) is 5.73 Å². The number of amides is 1. The first-order valence-electron chi connectivity index (χ1n) is 7.52. The molecule has 0 spiro atoms. The van der Waals surface area contributed by atoms with Gasteiger partial charge in [-0.1, -0.05) is 30.3 Å². The molecule has 3 aromatic rings. The molecule has 24 heavy (non-hydrogen) atoms. The molecular weight excluding hydrogens is 324 g/mol. The number of nitrogens with two attached hydrogens (primary N) is 1. The summed E-state index contributed by atoms with van der Waals surface area (Å²) >= 11 is 0. The van der Waals surface area contributed by atoms with Crippen molar-refractivity contribution in [2.45, 2.75) is 6.42 Å². The fraction of sp³-hybridized carbons (Fsp3) is 0.167. The smallest absolute Gasteiger partial charge is 0.250 e. The molecule has 0 aliphatic carbocycles. The van der Waals surface area contributed by atoms with Gasteiger partial charge in [0.05, 0.1) is 16.8 Å². The Morgan fingerprint density at radius 1 is 1.12 bits per heavy atom. The molecule has 1 aromatic heterocycles. The maximum absolute atomic E-state index is 11.8. The third-order valence-corrected chi connectivity index (χ3v) is 4.94. The van der Waals surface area contributed by atoms with Crippen molar-refractivity contribution in [3.8, 4) is 11.1 Å². The summed E-state index contributed by atoms with van der Waals surface area (Å²) in [6.45, 7) is 0. The highest BCUT2D eigenvalue weighted by atomic mass is 32.2. The Morgan fingerprint density at radius 2 is 1.83 bits per heavy atom. The van der Waals surface area contributed by atoms with Crippen LogP contribution in [0.25, 0.3) is 22.0 Å². The molecular formula is C18H18N2O3S. The molecule has 0 fully saturated rings. The molecule has 0 saturated carbocycles. The zero-order valence-electron chi connectivity index (χ0n) is 13.2. The number of aryl methyl sites for hydroxylation is 1. The first kappa shape index (κ1) is 16.3. The first-order chi connectivity index (χ1) is 11.3. The minimum absolute atomic E-state index is 0.0570. The highest BCUT2D eigenvalue weighted by Crippen LogP contribution is 2.29. The molecule has 1 heterocycles.